The highest BCUT2D eigenvalue weighted by atomic mass is 19.2. The first kappa shape index (κ1) is 17.4. The van der Waals surface area contributed by atoms with Crippen LogP contribution in [0.5, 0.6) is 0 Å². The van der Waals surface area contributed by atoms with Crippen molar-refractivity contribution in [2.24, 2.45) is 0 Å². The van der Waals surface area contributed by atoms with Crippen molar-refractivity contribution in [1.82, 2.24) is 0 Å². The van der Waals surface area contributed by atoms with Gasteiger partial charge in [0.1, 0.15) is 5.69 Å². The fourth-order valence-electron chi connectivity index (χ4n) is 2.41. The number of rotatable bonds is 4. The first-order chi connectivity index (χ1) is 12.4. The van der Waals surface area contributed by atoms with Gasteiger partial charge in [-0.2, -0.15) is 0 Å². The predicted octanol–water partition coefficient (Wildman–Crippen LogP) is 5.56. The monoisotopic (exact) mass is 362 g/mol. The zero-order valence-corrected chi connectivity index (χ0v) is 13.0. The Labute approximate surface area is 144 Å². The van der Waals surface area contributed by atoms with Crippen molar-refractivity contribution in [3.05, 3.63) is 88.0 Å². The van der Waals surface area contributed by atoms with Crippen molar-refractivity contribution in [1.29, 1.82) is 0 Å². The van der Waals surface area contributed by atoms with Crippen LogP contribution in [0.1, 0.15) is 0 Å². The summed E-state index contributed by atoms with van der Waals surface area (Å²) in [6, 6.07) is 11.7. The van der Waals surface area contributed by atoms with E-state index in [1.165, 1.54) is 24.3 Å². The largest absolute Gasteiger partial charge is 0.351 e. The van der Waals surface area contributed by atoms with E-state index < -0.39 is 39.4 Å². The number of non-ortho nitro benzene ring substituents is 1. The van der Waals surface area contributed by atoms with E-state index in [1.54, 1.807) is 6.07 Å². The second kappa shape index (κ2) is 6.83. The molecule has 0 spiro atoms. The van der Waals surface area contributed by atoms with Crippen molar-refractivity contribution in [3.63, 3.8) is 0 Å². The predicted molar refractivity (Wildman–Crippen MR) is 88.1 cm³/mol. The van der Waals surface area contributed by atoms with Crippen LogP contribution in [0.3, 0.4) is 0 Å². The van der Waals surface area contributed by atoms with Gasteiger partial charge in [-0.1, -0.05) is 30.3 Å². The zero-order chi connectivity index (χ0) is 18.8. The van der Waals surface area contributed by atoms with Crippen LogP contribution in [0.25, 0.3) is 11.1 Å². The summed E-state index contributed by atoms with van der Waals surface area (Å²) in [6.45, 7) is 0. The molecule has 4 nitrogen and oxygen atoms in total. The third kappa shape index (κ3) is 3.08. The average Bonchev–Trinajstić information content (AvgIpc) is 2.65. The van der Waals surface area contributed by atoms with Crippen molar-refractivity contribution in [2.45, 2.75) is 0 Å². The molecule has 1 N–H and O–H groups in total. The second-order valence-electron chi connectivity index (χ2n) is 5.30. The molecule has 0 unspecified atom stereocenters. The van der Waals surface area contributed by atoms with E-state index in [4.69, 9.17) is 0 Å². The maximum atomic E-state index is 14.4. The number of nitro groups is 1. The Hall–Kier alpha value is -3.42. The minimum atomic E-state index is -1.60. The lowest BCUT2D eigenvalue weighted by molar-refractivity contribution is -0.384. The zero-order valence-electron chi connectivity index (χ0n) is 13.0. The maximum absolute atomic E-state index is 14.4. The Balaban J connectivity index is 2.05. The standard InChI is InChI=1S/C18H10F4N2O2/c19-14-13(10-4-2-1-3-5-10)15(20)17(22)18(16(14)21)23-11-6-8-12(9-7-11)24(25)26/h1-9,23H. The SMILES string of the molecule is O=[N+]([O-])c1ccc(Nc2c(F)c(F)c(-c3ccccc3)c(F)c2F)cc1. The number of nitrogens with one attached hydrogen (secondary N) is 1. The molecule has 0 saturated heterocycles. The summed E-state index contributed by atoms with van der Waals surface area (Å²) in [5, 5.41) is 12.8. The van der Waals surface area contributed by atoms with Gasteiger partial charge in [0, 0.05) is 17.8 Å². The summed E-state index contributed by atoms with van der Waals surface area (Å²) in [4.78, 5) is 9.95. The van der Waals surface area contributed by atoms with Crippen molar-refractivity contribution >= 4 is 17.1 Å². The summed E-state index contributed by atoms with van der Waals surface area (Å²) in [5.74, 6) is -6.28. The first-order valence-corrected chi connectivity index (χ1v) is 7.33. The van der Waals surface area contributed by atoms with Gasteiger partial charge in [-0.3, -0.25) is 10.1 Å². The van der Waals surface area contributed by atoms with Crippen LogP contribution in [0, 0.1) is 33.4 Å². The molecule has 0 aromatic heterocycles. The Kier molecular flexibility index (Phi) is 4.57. The number of hydrogen-bond donors (Lipinski definition) is 1. The molecule has 0 heterocycles. The lowest BCUT2D eigenvalue weighted by atomic mass is 10.0. The lowest BCUT2D eigenvalue weighted by Gasteiger charge is -2.14. The summed E-state index contributed by atoms with van der Waals surface area (Å²) in [5.41, 5.74) is -2.06. The van der Waals surface area contributed by atoms with Gasteiger partial charge in [-0.05, 0) is 17.7 Å². The molecule has 3 rings (SSSR count). The molecule has 0 saturated carbocycles. The van der Waals surface area contributed by atoms with Crippen molar-refractivity contribution < 1.29 is 22.5 Å². The minimum absolute atomic E-state index is 0.0119. The molecule has 0 radical (unpaired) electrons. The molecule has 3 aromatic rings. The maximum Gasteiger partial charge on any atom is 0.269 e. The number of hydrogen-bond acceptors (Lipinski definition) is 3. The summed E-state index contributed by atoms with van der Waals surface area (Å²) in [6.07, 6.45) is 0. The minimum Gasteiger partial charge on any atom is -0.351 e. The van der Waals surface area contributed by atoms with Gasteiger partial charge in [0.25, 0.3) is 5.69 Å². The highest BCUT2D eigenvalue weighted by molar-refractivity contribution is 5.71. The average molecular weight is 362 g/mol. The van der Waals surface area contributed by atoms with E-state index in [0.29, 0.717) is 0 Å². The van der Waals surface area contributed by atoms with Crippen LogP contribution in [0.2, 0.25) is 0 Å². The van der Waals surface area contributed by atoms with Crippen LogP contribution in [0.4, 0.5) is 34.6 Å². The Bertz CT molecular complexity index is 948. The second-order valence-corrected chi connectivity index (χ2v) is 5.30. The third-order valence-corrected chi connectivity index (χ3v) is 3.67. The molecule has 132 valence electrons. The van der Waals surface area contributed by atoms with Crippen molar-refractivity contribution in [3.8, 4) is 11.1 Å². The van der Waals surface area contributed by atoms with Crippen LogP contribution >= 0.6 is 0 Å². The highest BCUT2D eigenvalue weighted by Gasteiger charge is 2.26. The molecular formula is C18H10F4N2O2. The quantitative estimate of drug-likeness (QED) is 0.286. The number of halogens is 4. The third-order valence-electron chi connectivity index (χ3n) is 3.67. The van der Waals surface area contributed by atoms with Gasteiger partial charge in [0.05, 0.1) is 10.5 Å². The van der Waals surface area contributed by atoms with E-state index in [9.17, 15) is 27.7 Å². The molecule has 0 aliphatic heterocycles. The normalized spacial score (nSPS) is 10.6. The Morgan fingerprint density at radius 2 is 1.31 bits per heavy atom. The number of benzene rings is 3. The molecule has 3 aromatic carbocycles. The molecule has 0 amide bonds. The molecule has 8 heteroatoms. The van der Waals surface area contributed by atoms with Crippen LogP contribution in [-0.4, -0.2) is 4.92 Å². The topological polar surface area (TPSA) is 55.2 Å². The van der Waals surface area contributed by atoms with Crippen LogP contribution in [-0.2, 0) is 0 Å². The highest BCUT2D eigenvalue weighted by Crippen LogP contribution is 2.35. The molecular weight excluding hydrogens is 352 g/mol. The fourth-order valence-corrected chi connectivity index (χ4v) is 2.41. The number of nitro benzene ring substituents is 1. The Morgan fingerprint density at radius 3 is 1.81 bits per heavy atom. The molecule has 0 atom stereocenters. The summed E-state index contributed by atoms with van der Waals surface area (Å²) < 4.78 is 57.4. The molecule has 0 bridgehead atoms. The van der Waals surface area contributed by atoms with E-state index in [0.717, 1.165) is 24.3 Å². The molecule has 0 aliphatic rings. The van der Waals surface area contributed by atoms with E-state index >= 15 is 0 Å². The van der Waals surface area contributed by atoms with Gasteiger partial charge in [-0.25, -0.2) is 17.6 Å². The van der Waals surface area contributed by atoms with Gasteiger partial charge in [0.2, 0.25) is 0 Å². The van der Waals surface area contributed by atoms with Gasteiger partial charge in [0.15, 0.2) is 23.3 Å². The summed E-state index contributed by atoms with van der Waals surface area (Å²) >= 11 is 0. The van der Waals surface area contributed by atoms with Gasteiger partial charge >= 0.3 is 0 Å². The van der Waals surface area contributed by atoms with Gasteiger partial charge in [-0.15, -0.1) is 0 Å². The van der Waals surface area contributed by atoms with Crippen LogP contribution < -0.4 is 5.32 Å². The first-order valence-electron chi connectivity index (χ1n) is 7.33. The lowest BCUT2D eigenvalue weighted by Crippen LogP contribution is -2.06. The molecule has 26 heavy (non-hydrogen) atoms. The number of nitrogens with zero attached hydrogens (tertiary/aromatic N) is 1. The van der Waals surface area contributed by atoms with Crippen molar-refractivity contribution in [2.75, 3.05) is 5.32 Å². The van der Waals surface area contributed by atoms with E-state index in [-0.39, 0.29) is 16.9 Å². The number of anilines is 2. The fraction of sp³-hybridized carbons (Fsp3) is 0. The van der Waals surface area contributed by atoms with Crippen LogP contribution in [0.15, 0.2) is 54.6 Å². The molecule has 0 fully saturated rings. The van der Waals surface area contributed by atoms with E-state index in [1.807, 2.05) is 0 Å². The Morgan fingerprint density at radius 1 is 0.769 bits per heavy atom. The van der Waals surface area contributed by atoms with Gasteiger partial charge < -0.3 is 5.32 Å². The van der Waals surface area contributed by atoms with E-state index in [2.05, 4.69) is 5.32 Å². The molecule has 0 aliphatic carbocycles. The smallest absolute Gasteiger partial charge is 0.269 e. The summed E-state index contributed by atoms with van der Waals surface area (Å²) in [7, 11) is 0.